The molecule has 0 aromatic heterocycles. The number of carboxylic acid groups (broad SMARTS) is 2. The van der Waals surface area contributed by atoms with Gasteiger partial charge in [-0.05, 0) is 24.6 Å². The van der Waals surface area contributed by atoms with Crippen LogP contribution in [0.4, 0.5) is 25.4 Å². The van der Waals surface area contributed by atoms with Gasteiger partial charge >= 0.3 is 12.2 Å². The van der Waals surface area contributed by atoms with Crippen LogP contribution in [0.25, 0.3) is 0 Å². The van der Waals surface area contributed by atoms with E-state index in [2.05, 4.69) is 15.6 Å². The van der Waals surface area contributed by atoms with Gasteiger partial charge < -0.3 is 25.7 Å². The van der Waals surface area contributed by atoms with Crippen LogP contribution in [0.3, 0.4) is 0 Å². The standard InChI is InChI=1S/C15H18FN5O5/c1-8(22)17-9-4-5-21(7-9)10-2-3-12(11(16)6-10)18-13(19-14(23)24)20-15(25)26/h2-3,6,9H,4-5,7H2,1H3,(H,17,22)(H,23,24)(H,25,26)(H2,18,19,20)/t9-/m1/s1. The average Bonchev–Trinajstić information content (AvgIpc) is 2.95. The number of carbonyl (C=O) groups is 3. The number of aliphatic imine (C=N–C) groups is 1. The average molecular weight is 367 g/mol. The van der Waals surface area contributed by atoms with Crippen LogP contribution in [0.1, 0.15) is 13.3 Å². The van der Waals surface area contributed by atoms with Gasteiger partial charge in [0.05, 0.1) is 5.69 Å². The fourth-order valence-corrected chi connectivity index (χ4v) is 2.61. The summed E-state index contributed by atoms with van der Waals surface area (Å²) in [5.41, 5.74) is 0.448. The second-order valence-corrected chi connectivity index (χ2v) is 5.59. The molecule has 140 valence electrons. The first-order chi connectivity index (χ1) is 12.2. The van der Waals surface area contributed by atoms with Crippen LogP contribution in [0.2, 0.25) is 0 Å². The molecule has 11 heteroatoms. The third-order valence-corrected chi connectivity index (χ3v) is 3.60. The summed E-state index contributed by atoms with van der Waals surface area (Å²) < 4.78 is 14.3. The van der Waals surface area contributed by atoms with Gasteiger partial charge in [-0.15, -0.1) is 4.99 Å². The van der Waals surface area contributed by atoms with Gasteiger partial charge in [0.1, 0.15) is 5.82 Å². The molecule has 0 aliphatic carbocycles. The molecule has 0 bridgehead atoms. The molecular weight excluding hydrogens is 349 g/mol. The first-order valence-electron chi connectivity index (χ1n) is 7.65. The molecule has 1 saturated heterocycles. The molecule has 0 radical (unpaired) electrons. The molecule has 1 atom stereocenters. The Hall–Kier alpha value is -3.37. The molecule has 0 spiro atoms. The zero-order valence-corrected chi connectivity index (χ0v) is 13.8. The highest BCUT2D eigenvalue weighted by molar-refractivity contribution is 6.05. The maximum Gasteiger partial charge on any atom is 0.434 e. The molecule has 1 aliphatic rings. The topological polar surface area (TPSA) is 143 Å². The SMILES string of the molecule is CC(=O)N[C@@H]1CCN(c2ccc(NC(=NC(=O)O)NC(=O)O)c(F)c2)C1. The van der Waals surface area contributed by atoms with Crippen molar-refractivity contribution in [3.05, 3.63) is 24.0 Å². The summed E-state index contributed by atoms with van der Waals surface area (Å²) in [4.78, 5) is 37.3. The highest BCUT2D eigenvalue weighted by Crippen LogP contribution is 2.25. The highest BCUT2D eigenvalue weighted by Gasteiger charge is 2.24. The molecule has 26 heavy (non-hydrogen) atoms. The normalized spacial score (nSPS) is 16.9. The van der Waals surface area contributed by atoms with E-state index in [1.54, 1.807) is 11.4 Å². The summed E-state index contributed by atoms with van der Waals surface area (Å²) in [5.74, 6) is -1.47. The lowest BCUT2D eigenvalue weighted by Crippen LogP contribution is -2.36. The van der Waals surface area contributed by atoms with Crippen LogP contribution >= 0.6 is 0 Å². The fraction of sp³-hybridized carbons (Fsp3) is 0.333. The monoisotopic (exact) mass is 367 g/mol. The second-order valence-electron chi connectivity index (χ2n) is 5.59. The zero-order valence-electron chi connectivity index (χ0n) is 13.8. The minimum Gasteiger partial charge on any atom is -0.465 e. The number of benzene rings is 1. The lowest BCUT2D eigenvalue weighted by molar-refractivity contribution is -0.119. The van der Waals surface area contributed by atoms with Crippen molar-refractivity contribution in [3.63, 3.8) is 0 Å². The summed E-state index contributed by atoms with van der Waals surface area (Å²) in [6.07, 6.45) is -2.45. The minimum absolute atomic E-state index is 0.0116. The Morgan fingerprint density at radius 1 is 1.31 bits per heavy atom. The number of halogens is 1. The quantitative estimate of drug-likeness (QED) is 0.399. The van der Waals surface area contributed by atoms with Crippen molar-refractivity contribution in [2.75, 3.05) is 23.3 Å². The van der Waals surface area contributed by atoms with Crippen LogP contribution in [0.5, 0.6) is 0 Å². The second kappa shape index (κ2) is 8.14. The summed E-state index contributed by atoms with van der Waals surface area (Å²) in [5, 5.41) is 24.1. The van der Waals surface area contributed by atoms with E-state index in [1.165, 1.54) is 19.1 Å². The molecule has 5 N–H and O–H groups in total. The largest absolute Gasteiger partial charge is 0.465 e. The van der Waals surface area contributed by atoms with E-state index < -0.39 is 24.0 Å². The highest BCUT2D eigenvalue weighted by atomic mass is 19.1. The van der Waals surface area contributed by atoms with Gasteiger partial charge in [0, 0.05) is 31.7 Å². The molecule has 1 fully saturated rings. The molecular formula is C15H18FN5O5. The van der Waals surface area contributed by atoms with E-state index in [4.69, 9.17) is 10.2 Å². The van der Waals surface area contributed by atoms with Gasteiger partial charge in [-0.3, -0.25) is 10.1 Å². The molecule has 3 amide bonds. The number of hydrogen-bond donors (Lipinski definition) is 5. The van der Waals surface area contributed by atoms with Gasteiger partial charge in [-0.25, -0.2) is 14.0 Å². The summed E-state index contributed by atoms with van der Waals surface area (Å²) in [6, 6.07) is 4.16. The number of guanidine groups is 1. The minimum atomic E-state index is -1.64. The molecule has 2 rings (SSSR count). The number of carbonyl (C=O) groups excluding carboxylic acids is 1. The van der Waals surface area contributed by atoms with Crippen molar-refractivity contribution in [2.45, 2.75) is 19.4 Å². The van der Waals surface area contributed by atoms with Gasteiger partial charge in [0.15, 0.2) is 0 Å². The maximum atomic E-state index is 14.3. The predicted molar refractivity (Wildman–Crippen MR) is 91.1 cm³/mol. The molecule has 1 heterocycles. The van der Waals surface area contributed by atoms with Gasteiger partial charge in [-0.1, -0.05) is 0 Å². The van der Waals surface area contributed by atoms with E-state index in [9.17, 15) is 18.8 Å². The van der Waals surface area contributed by atoms with Crippen molar-refractivity contribution in [1.29, 1.82) is 0 Å². The van der Waals surface area contributed by atoms with Crippen molar-refractivity contribution in [2.24, 2.45) is 4.99 Å². The third-order valence-electron chi connectivity index (χ3n) is 3.60. The molecule has 1 aromatic rings. The zero-order chi connectivity index (χ0) is 19.3. The van der Waals surface area contributed by atoms with Crippen LogP contribution in [0, 0.1) is 5.82 Å². The number of hydrogen-bond acceptors (Lipinski definition) is 4. The van der Waals surface area contributed by atoms with Gasteiger partial charge in [-0.2, -0.15) is 0 Å². The number of anilines is 2. The van der Waals surface area contributed by atoms with E-state index in [0.29, 0.717) is 18.8 Å². The Balaban J connectivity index is 2.10. The Kier molecular flexibility index (Phi) is 5.94. The fourth-order valence-electron chi connectivity index (χ4n) is 2.61. The van der Waals surface area contributed by atoms with Gasteiger partial charge in [0.25, 0.3) is 0 Å². The van der Waals surface area contributed by atoms with Crippen LogP contribution in [-0.2, 0) is 4.79 Å². The van der Waals surface area contributed by atoms with E-state index in [0.717, 1.165) is 6.42 Å². The Morgan fingerprint density at radius 2 is 2.04 bits per heavy atom. The van der Waals surface area contributed by atoms with E-state index in [1.807, 2.05) is 4.90 Å². The first kappa shape index (κ1) is 19.0. The Morgan fingerprint density at radius 3 is 2.62 bits per heavy atom. The van der Waals surface area contributed by atoms with E-state index in [-0.39, 0.29) is 17.6 Å². The number of nitrogens with zero attached hydrogens (tertiary/aromatic N) is 2. The third kappa shape index (κ3) is 5.33. The van der Waals surface area contributed by atoms with Gasteiger partial charge in [0.2, 0.25) is 11.9 Å². The number of nitrogens with one attached hydrogen (secondary N) is 3. The lowest BCUT2D eigenvalue weighted by Gasteiger charge is -2.20. The van der Waals surface area contributed by atoms with Crippen molar-refractivity contribution in [1.82, 2.24) is 10.6 Å². The number of rotatable bonds is 3. The lowest BCUT2D eigenvalue weighted by atomic mass is 10.2. The maximum absolute atomic E-state index is 14.3. The first-order valence-corrected chi connectivity index (χ1v) is 7.65. The van der Waals surface area contributed by atoms with Crippen LogP contribution in [-0.4, -0.2) is 53.4 Å². The summed E-state index contributed by atoms with van der Waals surface area (Å²) in [6.45, 7) is 2.62. The van der Waals surface area contributed by atoms with E-state index >= 15 is 0 Å². The predicted octanol–water partition coefficient (Wildman–Crippen LogP) is 1.25. The Bertz CT molecular complexity index is 754. The van der Waals surface area contributed by atoms with Crippen LogP contribution < -0.4 is 20.9 Å². The number of amides is 3. The molecule has 1 aromatic carbocycles. The van der Waals surface area contributed by atoms with Crippen molar-refractivity contribution >= 4 is 35.4 Å². The van der Waals surface area contributed by atoms with Crippen LogP contribution in [0.15, 0.2) is 23.2 Å². The molecule has 0 saturated carbocycles. The smallest absolute Gasteiger partial charge is 0.434 e. The Labute approximate surface area is 147 Å². The molecule has 10 nitrogen and oxygen atoms in total. The molecule has 0 unspecified atom stereocenters. The summed E-state index contributed by atoms with van der Waals surface area (Å²) >= 11 is 0. The molecule has 1 aliphatic heterocycles. The summed E-state index contributed by atoms with van der Waals surface area (Å²) in [7, 11) is 0. The van der Waals surface area contributed by atoms with Crippen molar-refractivity contribution in [3.8, 4) is 0 Å². The van der Waals surface area contributed by atoms with Crippen molar-refractivity contribution < 1.29 is 29.0 Å².